The summed E-state index contributed by atoms with van der Waals surface area (Å²) in [5, 5.41) is 20.6. The Bertz CT molecular complexity index is 425. The Hall–Kier alpha value is -1.33. The van der Waals surface area contributed by atoms with Crippen LogP contribution in [0, 0.1) is 10.1 Å². The smallest absolute Gasteiger partial charge is 0.294 e. The molecule has 1 aliphatic rings. The highest BCUT2D eigenvalue weighted by Crippen LogP contribution is 2.32. The lowest BCUT2D eigenvalue weighted by Crippen LogP contribution is -2.22. The third-order valence-electron chi connectivity index (χ3n) is 2.64. The largest absolute Gasteiger partial charge is 0.391 e. The maximum absolute atomic E-state index is 10.9. The van der Waals surface area contributed by atoms with Gasteiger partial charge in [-0.3, -0.25) is 10.1 Å². The van der Waals surface area contributed by atoms with Gasteiger partial charge in [-0.2, -0.15) is 0 Å². The Morgan fingerprint density at radius 2 is 2.31 bits per heavy atom. The summed E-state index contributed by atoms with van der Waals surface area (Å²) in [6, 6.07) is 4.58. The van der Waals surface area contributed by atoms with Crippen LogP contribution in [0.1, 0.15) is 6.42 Å². The van der Waals surface area contributed by atoms with E-state index in [0.29, 0.717) is 30.2 Å². The van der Waals surface area contributed by atoms with E-state index >= 15 is 0 Å². The molecule has 0 radical (unpaired) electrons. The summed E-state index contributed by atoms with van der Waals surface area (Å²) in [5.41, 5.74) is 0.507. The molecule has 5 nitrogen and oxygen atoms in total. The van der Waals surface area contributed by atoms with E-state index in [2.05, 4.69) is 0 Å². The van der Waals surface area contributed by atoms with Crippen molar-refractivity contribution >= 4 is 23.0 Å². The first-order valence-electron chi connectivity index (χ1n) is 4.95. The van der Waals surface area contributed by atoms with Gasteiger partial charge in [0.25, 0.3) is 5.69 Å². The third-order valence-corrected chi connectivity index (χ3v) is 2.87. The van der Waals surface area contributed by atoms with Gasteiger partial charge in [-0.25, -0.2) is 0 Å². The Kier molecular flexibility index (Phi) is 2.98. The number of aliphatic hydroxyl groups excluding tert-OH is 1. The molecule has 0 aromatic heterocycles. The topological polar surface area (TPSA) is 66.6 Å². The van der Waals surface area contributed by atoms with E-state index in [1.54, 1.807) is 17.0 Å². The summed E-state index contributed by atoms with van der Waals surface area (Å²) >= 11 is 5.72. The van der Waals surface area contributed by atoms with Crippen molar-refractivity contribution in [2.45, 2.75) is 12.5 Å². The monoisotopic (exact) mass is 242 g/mol. The first-order chi connectivity index (χ1) is 7.58. The van der Waals surface area contributed by atoms with Crippen LogP contribution >= 0.6 is 11.6 Å². The molecule has 1 heterocycles. The summed E-state index contributed by atoms with van der Waals surface area (Å²) in [6.45, 7) is 1.06. The normalized spacial score (nSPS) is 20.1. The Labute approximate surface area is 97.4 Å². The van der Waals surface area contributed by atoms with Crippen molar-refractivity contribution in [1.82, 2.24) is 0 Å². The molecule has 1 aliphatic heterocycles. The molecule has 6 heteroatoms. The standard InChI is InChI=1S/C10H11ClN2O3/c11-7-1-2-9(10(5-7)13(15)16)12-4-3-8(14)6-12/h1-2,5,8,14H,3-4,6H2. The van der Waals surface area contributed by atoms with Crippen LogP contribution in [0.2, 0.25) is 5.02 Å². The minimum Gasteiger partial charge on any atom is -0.391 e. The zero-order valence-corrected chi connectivity index (χ0v) is 9.22. The molecule has 1 unspecified atom stereocenters. The summed E-state index contributed by atoms with van der Waals surface area (Å²) < 4.78 is 0. The van der Waals surface area contributed by atoms with Crippen molar-refractivity contribution in [2.75, 3.05) is 18.0 Å². The van der Waals surface area contributed by atoms with Gasteiger partial charge in [-0.15, -0.1) is 0 Å². The zero-order valence-electron chi connectivity index (χ0n) is 8.47. The van der Waals surface area contributed by atoms with E-state index in [1.807, 2.05) is 0 Å². The van der Waals surface area contributed by atoms with Crippen molar-refractivity contribution in [3.63, 3.8) is 0 Å². The van der Waals surface area contributed by atoms with Crippen molar-refractivity contribution in [3.05, 3.63) is 33.3 Å². The maximum Gasteiger partial charge on any atom is 0.294 e. The molecule has 0 spiro atoms. The van der Waals surface area contributed by atoms with E-state index in [4.69, 9.17) is 11.6 Å². The van der Waals surface area contributed by atoms with Crippen molar-refractivity contribution in [1.29, 1.82) is 0 Å². The highest BCUT2D eigenvalue weighted by atomic mass is 35.5. The molecule has 16 heavy (non-hydrogen) atoms. The van der Waals surface area contributed by atoms with Gasteiger partial charge in [0.2, 0.25) is 0 Å². The molecule has 1 aromatic carbocycles. The van der Waals surface area contributed by atoms with Gasteiger partial charge < -0.3 is 10.0 Å². The number of halogens is 1. The molecule has 0 bridgehead atoms. The number of hydrogen-bond donors (Lipinski definition) is 1. The summed E-state index contributed by atoms with van der Waals surface area (Å²) in [5.74, 6) is 0. The molecular formula is C10H11ClN2O3. The number of β-amino-alcohol motifs (C(OH)–C–C–N with tert-alkyl or cyclic N) is 1. The Balaban J connectivity index is 2.36. The van der Waals surface area contributed by atoms with Crippen LogP contribution in [-0.4, -0.2) is 29.2 Å². The first-order valence-corrected chi connectivity index (χ1v) is 5.32. The van der Waals surface area contributed by atoms with E-state index < -0.39 is 11.0 Å². The van der Waals surface area contributed by atoms with E-state index in [9.17, 15) is 15.2 Å². The number of nitro groups is 1. The molecule has 1 fully saturated rings. The molecule has 0 amide bonds. The fraction of sp³-hybridized carbons (Fsp3) is 0.400. The zero-order chi connectivity index (χ0) is 11.7. The molecule has 86 valence electrons. The number of hydrogen-bond acceptors (Lipinski definition) is 4. The number of rotatable bonds is 2. The predicted octanol–water partition coefficient (Wildman–Crippen LogP) is 1.82. The van der Waals surface area contributed by atoms with Crippen LogP contribution in [0.4, 0.5) is 11.4 Å². The van der Waals surface area contributed by atoms with E-state index in [0.717, 1.165) is 0 Å². The summed E-state index contributed by atoms with van der Waals surface area (Å²) in [7, 11) is 0. The SMILES string of the molecule is O=[N+]([O-])c1cc(Cl)ccc1N1CCC(O)C1. The fourth-order valence-corrected chi connectivity index (χ4v) is 2.04. The van der Waals surface area contributed by atoms with Crippen LogP contribution in [-0.2, 0) is 0 Å². The number of benzene rings is 1. The fourth-order valence-electron chi connectivity index (χ4n) is 1.87. The lowest BCUT2D eigenvalue weighted by atomic mass is 10.2. The van der Waals surface area contributed by atoms with Crippen molar-refractivity contribution in [3.8, 4) is 0 Å². The third kappa shape index (κ3) is 2.10. The second-order valence-electron chi connectivity index (χ2n) is 3.78. The first kappa shape index (κ1) is 11.2. The van der Waals surface area contributed by atoms with Crippen LogP contribution in [0.5, 0.6) is 0 Å². The average Bonchev–Trinajstić information content (AvgIpc) is 2.64. The van der Waals surface area contributed by atoms with Gasteiger partial charge in [0.05, 0.1) is 11.0 Å². The highest BCUT2D eigenvalue weighted by Gasteiger charge is 2.26. The Morgan fingerprint density at radius 3 is 2.88 bits per heavy atom. The van der Waals surface area contributed by atoms with Gasteiger partial charge in [0.15, 0.2) is 0 Å². The van der Waals surface area contributed by atoms with Crippen LogP contribution in [0.15, 0.2) is 18.2 Å². The molecule has 2 rings (SSSR count). The maximum atomic E-state index is 10.9. The van der Waals surface area contributed by atoms with Gasteiger partial charge >= 0.3 is 0 Å². The quantitative estimate of drug-likeness (QED) is 0.635. The molecular weight excluding hydrogens is 232 g/mol. The predicted molar refractivity (Wildman–Crippen MR) is 60.9 cm³/mol. The second-order valence-corrected chi connectivity index (χ2v) is 4.22. The molecule has 0 saturated carbocycles. The molecule has 1 N–H and O–H groups in total. The number of anilines is 1. The van der Waals surface area contributed by atoms with Crippen LogP contribution in [0.25, 0.3) is 0 Å². The average molecular weight is 243 g/mol. The lowest BCUT2D eigenvalue weighted by molar-refractivity contribution is -0.384. The summed E-state index contributed by atoms with van der Waals surface area (Å²) in [4.78, 5) is 12.2. The lowest BCUT2D eigenvalue weighted by Gasteiger charge is -2.17. The highest BCUT2D eigenvalue weighted by molar-refractivity contribution is 6.30. The Morgan fingerprint density at radius 1 is 1.56 bits per heavy atom. The molecule has 0 aliphatic carbocycles. The molecule has 1 aromatic rings. The van der Waals surface area contributed by atoms with E-state index in [-0.39, 0.29) is 5.69 Å². The minimum atomic E-state index is -0.452. The van der Waals surface area contributed by atoms with E-state index in [1.165, 1.54) is 6.07 Å². The van der Waals surface area contributed by atoms with Gasteiger partial charge in [-0.1, -0.05) is 11.6 Å². The van der Waals surface area contributed by atoms with Crippen molar-refractivity contribution < 1.29 is 10.0 Å². The number of aliphatic hydroxyl groups is 1. The summed E-state index contributed by atoms with van der Waals surface area (Å²) in [6.07, 6.45) is 0.232. The number of nitrogens with zero attached hydrogens (tertiary/aromatic N) is 2. The van der Waals surface area contributed by atoms with Crippen molar-refractivity contribution in [2.24, 2.45) is 0 Å². The molecule has 1 saturated heterocycles. The minimum absolute atomic E-state index is 0.0124. The van der Waals surface area contributed by atoms with Gasteiger partial charge in [-0.05, 0) is 18.6 Å². The van der Waals surface area contributed by atoms with Gasteiger partial charge in [0, 0.05) is 24.2 Å². The van der Waals surface area contributed by atoms with Crippen LogP contribution in [0.3, 0.4) is 0 Å². The number of nitro benzene ring substituents is 1. The molecule has 1 atom stereocenters. The van der Waals surface area contributed by atoms with Gasteiger partial charge in [0.1, 0.15) is 5.69 Å². The second kappa shape index (κ2) is 4.27. The van der Waals surface area contributed by atoms with Crippen LogP contribution < -0.4 is 4.90 Å².